The Bertz CT molecular complexity index is 901. The Kier molecular flexibility index (Phi) is 6.27. The van der Waals surface area contributed by atoms with Crippen molar-refractivity contribution in [1.29, 1.82) is 0 Å². The minimum absolute atomic E-state index is 0.113. The van der Waals surface area contributed by atoms with Crippen LogP contribution in [0.5, 0.6) is 0 Å². The topological polar surface area (TPSA) is 66.5 Å². The van der Waals surface area contributed by atoms with Gasteiger partial charge in [-0.1, -0.05) is 11.6 Å². The maximum atomic E-state index is 12.8. The molecule has 0 fully saturated rings. The third kappa shape index (κ3) is 5.08. The summed E-state index contributed by atoms with van der Waals surface area (Å²) in [6.45, 7) is 1.29. The zero-order valence-corrected chi connectivity index (χ0v) is 15.9. The van der Waals surface area contributed by atoms with Gasteiger partial charge in [0.1, 0.15) is 0 Å². The molecule has 0 aliphatic heterocycles. The summed E-state index contributed by atoms with van der Waals surface area (Å²) in [5.74, 6) is -3.00. The third-order valence-corrected chi connectivity index (χ3v) is 4.47. The van der Waals surface area contributed by atoms with E-state index in [1.807, 2.05) is 0 Å². The Morgan fingerprint density at radius 2 is 1.67 bits per heavy atom. The summed E-state index contributed by atoms with van der Waals surface area (Å²) in [6.07, 6.45) is -5.02. The lowest BCUT2D eigenvalue weighted by Gasteiger charge is -2.16. The van der Waals surface area contributed by atoms with Crippen LogP contribution in [0, 0.1) is 0 Å². The number of anilines is 2. The summed E-state index contributed by atoms with van der Waals surface area (Å²) < 4.78 is 37.9. The van der Waals surface area contributed by atoms with Crippen LogP contribution in [0.3, 0.4) is 0 Å². The van der Waals surface area contributed by atoms with E-state index < -0.39 is 17.9 Å². The van der Waals surface area contributed by atoms with Crippen LogP contribution in [0.15, 0.2) is 42.5 Å². The highest BCUT2D eigenvalue weighted by molar-refractivity contribution is 9.10. The first kappa shape index (κ1) is 20.9. The normalized spacial score (nSPS) is 11.0. The number of alkyl halides is 3. The van der Waals surface area contributed by atoms with Crippen molar-refractivity contribution in [2.75, 3.05) is 9.24 Å². The van der Waals surface area contributed by atoms with Gasteiger partial charge in [0.15, 0.2) is 5.78 Å². The Morgan fingerprint density at radius 3 is 2.19 bits per heavy atom. The predicted octanol–water partition coefficient (Wildman–Crippen LogP) is 4.73. The van der Waals surface area contributed by atoms with E-state index in [1.165, 1.54) is 37.3 Å². The van der Waals surface area contributed by atoms with Crippen LogP contribution < -0.4 is 9.24 Å². The highest BCUT2D eigenvalue weighted by atomic mass is 79.9. The van der Waals surface area contributed by atoms with Crippen molar-refractivity contribution in [2.24, 2.45) is 0 Å². The van der Waals surface area contributed by atoms with Gasteiger partial charge >= 0.3 is 12.1 Å². The standard InChI is InChI=1S/C17H11BrClF3N2O3/c1-9(25)24(18)14-7-4-11(19)8-13(14)15(26)10-2-5-12(6-3-10)23-16(27)17(20,21)22/h2-8H,1H3,(H,23,27). The van der Waals surface area contributed by atoms with Gasteiger partial charge in [0, 0.05) is 28.8 Å². The van der Waals surface area contributed by atoms with Gasteiger partial charge in [0.25, 0.3) is 0 Å². The molecule has 0 unspecified atom stereocenters. The quantitative estimate of drug-likeness (QED) is 0.526. The van der Waals surface area contributed by atoms with Gasteiger partial charge in [0.05, 0.1) is 21.8 Å². The average Bonchev–Trinajstić information content (AvgIpc) is 2.60. The first-order valence-corrected chi connectivity index (χ1v) is 8.38. The number of benzene rings is 2. The van der Waals surface area contributed by atoms with Crippen LogP contribution in [-0.4, -0.2) is 23.8 Å². The smallest absolute Gasteiger partial charge is 0.318 e. The number of nitrogens with zero attached hydrogens (tertiary/aromatic N) is 1. The van der Waals surface area contributed by atoms with Gasteiger partial charge in [-0.2, -0.15) is 13.2 Å². The van der Waals surface area contributed by atoms with Crippen LogP contribution in [0.4, 0.5) is 24.5 Å². The number of amides is 2. The van der Waals surface area contributed by atoms with Crippen molar-refractivity contribution in [1.82, 2.24) is 0 Å². The number of carbonyl (C=O) groups excluding carboxylic acids is 3. The molecule has 0 saturated heterocycles. The molecular weight excluding hydrogens is 453 g/mol. The molecule has 1 N–H and O–H groups in total. The molecule has 10 heteroatoms. The Morgan fingerprint density at radius 1 is 1.07 bits per heavy atom. The highest BCUT2D eigenvalue weighted by Crippen LogP contribution is 2.29. The fraction of sp³-hybridized carbons (Fsp3) is 0.118. The summed E-state index contributed by atoms with van der Waals surface area (Å²) in [5.41, 5.74) is 0.382. The summed E-state index contributed by atoms with van der Waals surface area (Å²) in [6, 6.07) is 9.19. The van der Waals surface area contributed by atoms with Crippen molar-refractivity contribution in [3.05, 3.63) is 58.6 Å². The van der Waals surface area contributed by atoms with Gasteiger partial charge in [0.2, 0.25) is 5.91 Å². The molecule has 0 aliphatic carbocycles. The Balaban J connectivity index is 2.32. The lowest BCUT2D eigenvalue weighted by molar-refractivity contribution is -0.167. The van der Waals surface area contributed by atoms with Gasteiger partial charge in [-0.3, -0.25) is 14.4 Å². The van der Waals surface area contributed by atoms with Crippen molar-refractivity contribution in [3.8, 4) is 0 Å². The molecule has 142 valence electrons. The van der Waals surface area contributed by atoms with Crippen molar-refractivity contribution in [2.45, 2.75) is 13.1 Å². The van der Waals surface area contributed by atoms with E-state index in [4.69, 9.17) is 11.6 Å². The molecule has 0 aromatic heterocycles. The summed E-state index contributed by atoms with van der Waals surface area (Å²) in [4.78, 5) is 35.3. The van der Waals surface area contributed by atoms with Crippen LogP contribution >= 0.6 is 27.7 Å². The van der Waals surface area contributed by atoms with E-state index in [9.17, 15) is 27.6 Å². The van der Waals surface area contributed by atoms with Gasteiger partial charge < -0.3 is 5.32 Å². The van der Waals surface area contributed by atoms with Gasteiger partial charge in [-0.15, -0.1) is 0 Å². The molecule has 2 rings (SSSR count). The summed E-state index contributed by atoms with van der Waals surface area (Å²) >= 11 is 8.99. The fourth-order valence-electron chi connectivity index (χ4n) is 2.09. The van der Waals surface area contributed by atoms with E-state index in [0.29, 0.717) is 0 Å². The van der Waals surface area contributed by atoms with E-state index in [2.05, 4.69) is 16.1 Å². The molecule has 0 aliphatic rings. The van der Waals surface area contributed by atoms with Gasteiger partial charge in [-0.25, -0.2) is 3.93 Å². The summed E-state index contributed by atoms with van der Waals surface area (Å²) in [7, 11) is 0. The van der Waals surface area contributed by atoms with E-state index >= 15 is 0 Å². The minimum atomic E-state index is -5.02. The third-order valence-electron chi connectivity index (χ3n) is 3.35. The molecular formula is C17H11BrClF3N2O3. The second-order valence-corrected chi connectivity index (χ2v) is 6.47. The lowest BCUT2D eigenvalue weighted by Crippen LogP contribution is -2.29. The number of rotatable bonds is 4. The molecule has 0 bridgehead atoms. The van der Waals surface area contributed by atoms with Crippen LogP contribution in [0.25, 0.3) is 0 Å². The Hall–Kier alpha value is -2.39. The molecule has 2 amide bonds. The highest BCUT2D eigenvalue weighted by Gasteiger charge is 2.38. The van der Waals surface area contributed by atoms with Crippen LogP contribution in [-0.2, 0) is 9.59 Å². The average molecular weight is 464 g/mol. The molecule has 0 heterocycles. The zero-order valence-electron chi connectivity index (χ0n) is 13.6. The van der Waals surface area contributed by atoms with E-state index in [-0.39, 0.29) is 33.4 Å². The number of nitrogens with one attached hydrogen (secondary N) is 1. The number of ketones is 1. The number of hydrogen-bond acceptors (Lipinski definition) is 3. The molecule has 2 aromatic carbocycles. The van der Waals surface area contributed by atoms with Crippen molar-refractivity contribution < 1.29 is 27.6 Å². The monoisotopic (exact) mass is 462 g/mol. The second kappa shape index (κ2) is 8.10. The zero-order chi connectivity index (χ0) is 20.4. The molecule has 2 aromatic rings. The van der Waals surface area contributed by atoms with E-state index in [1.54, 1.807) is 5.32 Å². The molecule has 5 nitrogen and oxygen atoms in total. The first-order valence-electron chi connectivity index (χ1n) is 7.29. The van der Waals surface area contributed by atoms with E-state index in [0.717, 1.165) is 16.1 Å². The Labute approximate surface area is 165 Å². The maximum Gasteiger partial charge on any atom is 0.471 e. The SMILES string of the molecule is CC(=O)N(Br)c1ccc(Cl)cc1C(=O)c1ccc(NC(=O)C(F)(F)F)cc1. The first-order chi connectivity index (χ1) is 12.5. The molecule has 27 heavy (non-hydrogen) atoms. The fourth-order valence-corrected chi connectivity index (χ4v) is 2.57. The predicted molar refractivity (Wildman–Crippen MR) is 98.1 cm³/mol. The van der Waals surface area contributed by atoms with Crippen LogP contribution in [0.1, 0.15) is 22.8 Å². The van der Waals surface area contributed by atoms with Crippen LogP contribution in [0.2, 0.25) is 5.02 Å². The minimum Gasteiger partial charge on any atom is -0.318 e. The maximum absolute atomic E-state index is 12.8. The molecule has 0 saturated carbocycles. The molecule has 0 atom stereocenters. The number of carbonyl (C=O) groups is 3. The van der Waals surface area contributed by atoms with Gasteiger partial charge in [-0.05, 0) is 42.5 Å². The number of halogens is 5. The second-order valence-electron chi connectivity index (χ2n) is 5.32. The van der Waals surface area contributed by atoms with Crippen molar-refractivity contribution >= 4 is 56.7 Å². The molecule has 0 radical (unpaired) electrons. The summed E-state index contributed by atoms with van der Waals surface area (Å²) in [5, 5.41) is 1.95. The molecule has 0 spiro atoms. The number of hydrogen-bond donors (Lipinski definition) is 1. The largest absolute Gasteiger partial charge is 0.471 e. The lowest BCUT2D eigenvalue weighted by atomic mass is 10.0. The van der Waals surface area contributed by atoms with Crippen molar-refractivity contribution in [3.63, 3.8) is 0 Å².